The van der Waals surface area contributed by atoms with Crippen molar-refractivity contribution in [2.75, 3.05) is 20.2 Å². The molecule has 0 unspecified atom stereocenters. The van der Waals surface area contributed by atoms with Crippen molar-refractivity contribution in [3.05, 3.63) is 24.3 Å². The molecule has 0 atom stereocenters. The molecule has 0 aliphatic carbocycles. The minimum Gasteiger partial charge on any atom is -0.491 e. The molecule has 3 nitrogen and oxygen atoms in total. The largest absolute Gasteiger partial charge is 0.491 e. The molecule has 0 spiro atoms. The molecule has 0 bridgehead atoms. The molecule has 15 heavy (non-hydrogen) atoms. The van der Waals surface area contributed by atoms with E-state index < -0.39 is 0 Å². The fourth-order valence-electron chi connectivity index (χ4n) is 1.20. The summed E-state index contributed by atoms with van der Waals surface area (Å²) >= 11 is 0. The molecule has 0 aliphatic rings. The van der Waals surface area contributed by atoms with Crippen LogP contribution in [-0.4, -0.2) is 26.3 Å². The lowest BCUT2D eigenvalue weighted by Crippen LogP contribution is -2.80. The monoisotopic (exact) mass is 210 g/mol. The maximum Gasteiger partial charge on any atom is 0.137 e. The molecule has 0 aliphatic heterocycles. The molecular weight excluding hydrogens is 190 g/mol. The summed E-state index contributed by atoms with van der Waals surface area (Å²) in [5.74, 6) is 1.73. The maximum absolute atomic E-state index is 5.57. The standard InChI is InChI=1S/C12H19NO2/c1-10(2)15-12-6-4-5-11(9-12)14-8-7-13-3/h4-6,9-10,13H,7-8H2,1-3H3/p+1. The lowest BCUT2D eigenvalue weighted by molar-refractivity contribution is -0.627. The van der Waals surface area contributed by atoms with Crippen LogP contribution in [0, 0.1) is 0 Å². The first kappa shape index (κ1) is 11.9. The number of rotatable bonds is 6. The zero-order valence-electron chi connectivity index (χ0n) is 9.69. The third-order valence-electron chi connectivity index (χ3n) is 1.85. The number of likely N-dealkylation sites (N-methyl/N-ethyl adjacent to an activating group) is 1. The highest BCUT2D eigenvalue weighted by atomic mass is 16.5. The molecule has 1 aromatic carbocycles. The minimum atomic E-state index is 0.198. The van der Waals surface area contributed by atoms with Crippen LogP contribution in [0.2, 0.25) is 0 Å². The molecule has 1 aromatic rings. The van der Waals surface area contributed by atoms with Crippen molar-refractivity contribution >= 4 is 0 Å². The second-order valence-corrected chi connectivity index (χ2v) is 3.69. The Morgan fingerprint density at radius 1 is 1.27 bits per heavy atom. The fraction of sp³-hybridized carbons (Fsp3) is 0.500. The summed E-state index contributed by atoms with van der Waals surface area (Å²) in [6.07, 6.45) is 0.198. The van der Waals surface area contributed by atoms with Crippen molar-refractivity contribution in [1.82, 2.24) is 0 Å². The van der Waals surface area contributed by atoms with Gasteiger partial charge in [-0.1, -0.05) is 6.07 Å². The van der Waals surface area contributed by atoms with Crippen LogP contribution in [0.5, 0.6) is 11.5 Å². The van der Waals surface area contributed by atoms with Gasteiger partial charge in [0.05, 0.1) is 13.2 Å². The third kappa shape index (κ3) is 4.70. The van der Waals surface area contributed by atoms with E-state index in [0.717, 1.165) is 24.7 Å². The average Bonchev–Trinajstić information content (AvgIpc) is 2.18. The molecule has 2 N–H and O–H groups in total. The number of hydrogen-bond donors (Lipinski definition) is 1. The molecule has 0 radical (unpaired) electrons. The smallest absolute Gasteiger partial charge is 0.137 e. The van der Waals surface area contributed by atoms with E-state index in [2.05, 4.69) is 5.32 Å². The van der Waals surface area contributed by atoms with Gasteiger partial charge < -0.3 is 14.8 Å². The van der Waals surface area contributed by atoms with Crippen molar-refractivity contribution in [2.45, 2.75) is 20.0 Å². The predicted molar refractivity (Wildman–Crippen MR) is 60.4 cm³/mol. The summed E-state index contributed by atoms with van der Waals surface area (Å²) < 4.78 is 11.1. The Morgan fingerprint density at radius 2 is 2.00 bits per heavy atom. The molecule has 1 rings (SSSR count). The number of hydrogen-bond acceptors (Lipinski definition) is 2. The molecule has 84 valence electrons. The second kappa shape index (κ2) is 6.30. The van der Waals surface area contributed by atoms with Gasteiger partial charge in [-0.15, -0.1) is 0 Å². The van der Waals surface area contributed by atoms with Gasteiger partial charge in [0.15, 0.2) is 0 Å². The number of benzene rings is 1. The molecular formula is C12H20NO2+. The molecule has 0 saturated heterocycles. The highest BCUT2D eigenvalue weighted by molar-refractivity contribution is 5.32. The van der Waals surface area contributed by atoms with Crippen molar-refractivity contribution in [3.63, 3.8) is 0 Å². The lowest BCUT2D eigenvalue weighted by atomic mass is 10.3. The summed E-state index contributed by atoms with van der Waals surface area (Å²) in [7, 11) is 2.03. The van der Waals surface area contributed by atoms with Gasteiger partial charge in [-0.25, -0.2) is 0 Å². The van der Waals surface area contributed by atoms with Crippen molar-refractivity contribution in [3.8, 4) is 11.5 Å². The Morgan fingerprint density at radius 3 is 2.67 bits per heavy atom. The van der Waals surface area contributed by atoms with Crippen molar-refractivity contribution < 1.29 is 14.8 Å². The molecule has 3 heteroatoms. The van der Waals surface area contributed by atoms with Crippen LogP contribution in [0.15, 0.2) is 24.3 Å². The second-order valence-electron chi connectivity index (χ2n) is 3.69. The van der Waals surface area contributed by atoms with Gasteiger partial charge in [0.25, 0.3) is 0 Å². The summed E-state index contributed by atoms with van der Waals surface area (Å²) in [4.78, 5) is 0. The van der Waals surface area contributed by atoms with Crippen molar-refractivity contribution in [2.24, 2.45) is 0 Å². The van der Waals surface area contributed by atoms with E-state index in [-0.39, 0.29) is 6.10 Å². The van der Waals surface area contributed by atoms with E-state index in [1.165, 1.54) is 0 Å². The quantitative estimate of drug-likeness (QED) is 0.712. The topological polar surface area (TPSA) is 35.1 Å². The van der Waals surface area contributed by atoms with Gasteiger partial charge in [-0.2, -0.15) is 0 Å². The zero-order valence-corrected chi connectivity index (χ0v) is 9.69. The Hall–Kier alpha value is -1.22. The van der Waals surface area contributed by atoms with E-state index in [1.807, 2.05) is 45.2 Å². The number of ether oxygens (including phenoxy) is 2. The van der Waals surface area contributed by atoms with Crippen LogP contribution >= 0.6 is 0 Å². The third-order valence-corrected chi connectivity index (χ3v) is 1.85. The van der Waals surface area contributed by atoms with Gasteiger partial charge in [0.2, 0.25) is 0 Å². The normalized spacial score (nSPS) is 10.4. The summed E-state index contributed by atoms with van der Waals surface area (Å²) in [6.45, 7) is 5.72. The van der Waals surface area contributed by atoms with E-state index in [9.17, 15) is 0 Å². The number of quaternary nitrogens is 1. The lowest BCUT2D eigenvalue weighted by Gasteiger charge is -2.11. The van der Waals surface area contributed by atoms with Gasteiger partial charge >= 0.3 is 0 Å². The molecule has 0 aromatic heterocycles. The van der Waals surface area contributed by atoms with Crippen LogP contribution in [0.25, 0.3) is 0 Å². The average molecular weight is 210 g/mol. The van der Waals surface area contributed by atoms with Gasteiger partial charge in [-0.3, -0.25) is 0 Å². The molecule has 0 saturated carbocycles. The number of nitrogens with two attached hydrogens (primary N) is 1. The van der Waals surface area contributed by atoms with E-state index >= 15 is 0 Å². The summed E-state index contributed by atoms with van der Waals surface area (Å²) in [5.41, 5.74) is 0. The summed E-state index contributed by atoms with van der Waals surface area (Å²) in [5, 5.41) is 2.09. The van der Waals surface area contributed by atoms with E-state index in [0.29, 0.717) is 0 Å². The highest BCUT2D eigenvalue weighted by Gasteiger charge is 1.99. The van der Waals surface area contributed by atoms with Crippen molar-refractivity contribution in [1.29, 1.82) is 0 Å². The van der Waals surface area contributed by atoms with E-state index in [1.54, 1.807) is 0 Å². The SMILES string of the molecule is C[NH2+]CCOc1cccc(OC(C)C)c1. The Labute approximate surface area is 91.4 Å². The van der Waals surface area contributed by atoms with Crippen LogP contribution < -0.4 is 14.8 Å². The molecule has 0 amide bonds. The summed E-state index contributed by atoms with van der Waals surface area (Å²) in [6, 6.07) is 7.76. The van der Waals surface area contributed by atoms with Gasteiger partial charge in [0, 0.05) is 6.07 Å². The Balaban J connectivity index is 2.50. The predicted octanol–water partition coefficient (Wildman–Crippen LogP) is 1.05. The Bertz CT molecular complexity index is 287. The first-order valence-corrected chi connectivity index (χ1v) is 5.39. The van der Waals surface area contributed by atoms with Gasteiger partial charge in [0.1, 0.15) is 24.7 Å². The fourth-order valence-corrected chi connectivity index (χ4v) is 1.20. The Kier molecular flexibility index (Phi) is 4.98. The van der Waals surface area contributed by atoms with E-state index in [4.69, 9.17) is 9.47 Å². The van der Waals surface area contributed by atoms with Gasteiger partial charge in [-0.05, 0) is 26.0 Å². The maximum atomic E-state index is 5.57. The van der Waals surface area contributed by atoms with Crippen LogP contribution in [-0.2, 0) is 0 Å². The zero-order chi connectivity index (χ0) is 11.1. The highest BCUT2D eigenvalue weighted by Crippen LogP contribution is 2.20. The minimum absolute atomic E-state index is 0.198. The van der Waals surface area contributed by atoms with Crippen LogP contribution in [0.3, 0.4) is 0 Å². The first-order valence-electron chi connectivity index (χ1n) is 5.39. The molecule has 0 heterocycles. The van der Waals surface area contributed by atoms with Crippen LogP contribution in [0.4, 0.5) is 0 Å². The molecule has 0 fully saturated rings. The first-order chi connectivity index (χ1) is 7.22. The van der Waals surface area contributed by atoms with Crippen LogP contribution in [0.1, 0.15) is 13.8 Å².